The molecule has 14 heavy (non-hydrogen) atoms. The van der Waals surface area contributed by atoms with E-state index in [1.54, 1.807) is 0 Å². The number of halogens is 5. The topological polar surface area (TPSA) is 30.7 Å². The van der Waals surface area contributed by atoms with Crippen molar-refractivity contribution in [2.45, 2.75) is 25.1 Å². The summed E-state index contributed by atoms with van der Waals surface area (Å²) in [5.41, 5.74) is 0. The van der Waals surface area contributed by atoms with Crippen LogP contribution in [0.4, 0.5) is 22.0 Å². The highest BCUT2D eigenvalue weighted by atomic mass is 19.4. The van der Waals surface area contributed by atoms with Crippen LogP contribution in [0.2, 0.25) is 0 Å². The van der Waals surface area contributed by atoms with Gasteiger partial charge in [0.2, 0.25) is 0 Å². The van der Waals surface area contributed by atoms with Crippen molar-refractivity contribution in [2.75, 3.05) is 0 Å². The molecule has 0 aromatic carbocycles. The Hall–Kier alpha value is -1.21. The first-order chi connectivity index (χ1) is 6.33. The van der Waals surface area contributed by atoms with Crippen molar-refractivity contribution in [1.29, 1.82) is 0 Å². The van der Waals surface area contributed by atoms with Crippen LogP contribution in [-0.4, -0.2) is 27.1 Å². The van der Waals surface area contributed by atoms with Gasteiger partial charge in [-0.25, -0.2) is 0 Å². The number of aryl methyl sites for hydroxylation is 1. The largest absolute Gasteiger partial charge is 0.453 e. The normalized spacial score (nSPS) is 13.2. The second kappa shape index (κ2) is 3.50. The van der Waals surface area contributed by atoms with E-state index in [9.17, 15) is 22.0 Å². The zero-order valence-electron chi connectivity index (χ0n) is 6.80. The molecule has 8 heteroatoms. The van der Waals surface area contributed by atoms with Crippen molar-refractivity contribution < 1.29 is 22.0 Å². The first kappa shape index (κ1) is 10.9. The molecule has 0 radical (unpaired) electrons. The first-order valence-corrected chi connectivity index (χ1v) is 3.61. The minimum absolute atomic E-state index is 0.521. The number of rotatable bonds is 3. The molecular weight excluding hydrogens is 209 g/mol. The molecule has 0 spiro atoms. The molecule has 0 aliphatic rings. The molecule has 1 heterocycles. The molecule has 0 unspecified atom stereocenters. The molecule has 0 aliphatic carbocycles. The first-order valence-electron chi connectivity index (χ1n) is 3.61. The zero-order chi connectivity index (χ0) is 10.8. The van der Waals surface area contributed by atoms with Gasteiger partial charge in [-0.3, -0.25) is 4.68 Å². The van der Waals surface area contributed by atoms with Gasteiger partial charge in [-0.05, 0) is 0 Å². The summed E-state index contributed by atoms with van der Waals surface area (Å²) in [6.45, 7) is -0.521. The van der Waals surface area contributed by atoms with Crippen LogP contribution in [0.3, 0.4) is 0 Å². The van der Waals surface area contributed by atoms with Crippen LogP contribution in [-0.2, 0) is 6.54 Å². The van der Waals surface area contributed by atoms with Gasteiger partial charge < -0.3 is 0 Å². The fourth-order valence-corrected chi connectivity index (χ4v) is 0.749. The van der Waals surface area contributed by atoms with E-state index in [-0.39, 0.29) is 0 Å². The van der Waals surface area contributed by atoms with Gasteiger partial charge >= 0.3 is 12.1 Å². The Labute approximate surface area is 75.5 Å². The summed E-state index contributed by atoms with van der Waals surface area (Å²) >= 11 is 0. The van der Waals surface area contributed by atoms with E-state index in [0.29, 0.717) is 0 Å². The van der Waals surface area contributed by atoms with Crippen molar-refractivity contribution in [1.82, 2.24) is 15.0 Å². The Morgan fingerprint density at radius 1 is 1.14 bits per heavy atom. The lowest BCUT2D eigenvalue weighted by atomic mass is 10.2. The molecule has 0 bridgehead atoms. The summed E-state index contributed by atoms with van der Waals surface area (Å²) in [5.74, 6) is -4.68. The summed E-state index contributed by atoms with van der Waals surface area (Å²) in [7, 11) is 0. The van der Waals surface area contributed by atoms with Gasteiger partial charge in [0, 0.05) is 19.2 Å². The predicted octanol–water partition coefficient (Wildman–Crippen LogP) is 1.87. The number of hydrogen-bond acceptors (Lipinski definition) is 2. The van der Waals surface area contributed by atoms with Crippen molar-refractivity contribution in [3.63, 3.8) is 0 Å². The highest BCUT2D eigenvalue weighted by Crippen LogP contribution is 2.38. The van der Waals surface area contributed by atoms with E-state index in [1.165, 1.54) is 12.4 Å². The van der Waals surface area contributed by atoms with Crippen LogP contribution < -0.4 is 0 Å². The summed E-state index contributed by atoms with van der Waals surface area (Å²) in [4.78, 5) is 0. The lowest BCUT2D eigenvalue weighted by molar-refractivity contribution is -0.285. The molecule has 80 valence electrons. The SMILES string of the molecule is FC(F)(F)C(F)(F)CCn1ccnn1. The predicted molar refractivity (Wildman–Crippen MR) is 35.6 cm³/mol. The van der Waals surface area contributed by atoms with Gasteiger partial charge in [-0.15, -0.1) is 5.10 Å². The summed E-state index contributed by atoms with van der Waals surface area (Å²) in [6, 6.07) is 0. The molecular formula is C6H6F5N3. The van der Waals surface area contributed by atoms with E-state index in [4.69, 9.17) is 0 Å². The highest BCUT2D eigenvalue weighted by molar-refractivity contribution is 4.76. The van der Waals surface area contributed by atoms with Crippen molar-refractivity contribution in [3.05, 3.63) is 12.4 Å². The quantitative estimate of drug-likeness (QED) is 0.720. The number of alkyl halides is 5. The molecule has 0 aliphatic heterocycles. The van der Waals surface area contributed by atoms with Crippen LogP contribution in [0.15, 0.2) is 12.4 Å². The molecule has 1 rings (SSSR count). The average Bonchev–Trinajstić information content (AvgIpc) is 2.50. The number of hydrogen-bond donors (Lipinski definition) is 0. The highest BCUT2D eigenvalue weighted by Gasteiger charge is 2.56. The van der Waals surface area contributed by atoms with Gasteiger partial charge in [-0.2, -0.15) is 22.0 Å². The van der Waals surface area contributed by atoms with Crippen molar-refractivity contribution >= 4 is 0 Å². The second-order valence-electron chi connectivity index (χ2n) is 2.62. The monoisotopic (exact) mass is 215 g/mol. The van der Waals surface area contributed by atoms with E-state index in [2.05, 4.69) is 10.3 Å². The minimum atomic E-state index is -5.51. The van der Waals surface area contributed by atoms with Gasteiger partial charge in [0.25, 0.3) is 0 Å². The average molecular weight is 215 g/mol. The van der Waals surface area contributed by atoms with Crippen LogP contribution in [0, 0.1) is 0 Å². The summed E-state index contributed by atoms with van der Waals surface area (Å²) in [5, 5.41) is 6.54. The van der Waals surface area contributed by atoms with Crippen molar-refractivity contribution in [3.8, 4) is 0 Å². The standard InChI is InChI=1S/C6H6F5N3/c7-5(8,6(9,10)11)1-3-14-4-2-12-13-14/h2,4H,1,3H2. The van der Waals surface area contributed by atoms with E-state index in [0.717, 1.165) is 4.68 Å². The van der Waals surface area contributed by atoms with E-state index < -0.39 is 25.1 Å². The third kappa shape index (κ3) is 2.39. The molecule has 0 N–H and O–H groups in total. The smallest absolute Gasteiger partial charge is 0.252 e. The second-order valence-corrected chi connectivity index (χ2v) is 2.62. The Kier molecular flexibility index (Phi) is 2.72. The molecule has 0 atom stereocenters. The van der Waals surface area contributed by atoms with E-state index in [1.807, 2.05) is 0 Å². The van der Waals surface area contributed by atoms with Gasteiger partial charge in [0.1, 0.15) is 0 Å². The summed E-state index contributed by atoms with van der Waals surface area (Å²) < 4.78 is 60.6. The molecule has 0 fully saturated rings. The molecule has 0 saturated carbocycles. The fraction of sp³-hybridized carbons (Fsp3) is 0.667. The van der Waals surface area contributed by atoms with E-state index >= 15 is 0 Å². The molecule has 0 amide bonds. The maximum Gasteiger partial charge on any atom is 0.453 e. The third-order valence-corrected chi connectivity index (χ3v) is 1.54. The Balaban J connectivity index is 2.53. The molecule has 1 aromatic rings. The Morgan fingerprint density at radius 2 is 1.79 bits per heavy atom. The maximum absolute atomic E-state index is 12.3. The van der Waals surface area contributed by atoms with Crippen LogP contribution >= 0.6 is 0 Å². The molecule has 1 aromatic heterocycles. The lowest BCUT2D eigenvalue weighted by Crippen LogP contribution is -2.37. The minimum Gasteiger partial charge on any atom is -0.252 e. The number of nitrogens with zero attached hydrogens (tertiary/aromatic N) is 3. The maximum atomic E-state index is 12.3. The number of aromatic nitrogens is 3. The van der Waals surface area contributed by atoms with Crippen LogP contribution in [0.5, 0.6) is 0 Å². The fourth-order valence-electron chi connectivity index (χ4n) is 0.749. The van der Waals surface area contributed by atoms with Gasteiger partial charge in [-0.1, -0.05) is 5.21 Å². The lowest BCUT2D eigenvalue weighted by Gasteiger charge is -2.18. The molecule has 3 nitrogen and oxygen atoms in total. The van der Waals surface area contributed by atoms with Crippen LogP contribution in [0.1, 0.15) is 6.42 Å². The summed E-state index contributed by atoms with van der Waals surface area (Å²) in [6.07, 6.45) is -4.42. The Morgan fingerprint density at radius 3 is 2.21 bits per heavy atom. The zero-order valence-corrected chi connectivity index (χ0v) is 6.80. The Bertz CT molecular complexity index is 278. The third-order valence-electron chi connectivity index (χ3n) is 1.54. The van der Waals surface area contributed by atoms with Crippen molar-refractivity contribution in [2.24, 2.45) is 0 Å². The van der Waals surface area contributed by atoms with Crippen LogP contribution in [0.25, 0.3) is 0 Å². The van der Waals surface area contributed by atoms with Gasteiger partial charge in [0.15, 0.2) is 0 Å². The molecule has 0 saturated heterocycles. The van der Waals surface area contributed by atoms with Gasteiger partial charge in [0.05, 0.1) is 6.20 Å².